The quantitative estimate of drug-likeness (QED) is 0.744. The second-order valence-electron chi connectivity index (χ2n) is 3.54. The van der Waals surface area contributed by atoms with Crippen molar-refractivity contribution in [2.75, 3.05) is 6.54 Å². The molecule has 0 aliphatic heterocycles. The van der Waals surface area contributed by atoms with Crippen molar-refractivity contribution in [2.24, 2.45) is 0 Å². The first-order chi connectivity index (χ1) is 7.22. The van der Waals surface area contributed by atoms with E-state index in [9.17, 15) is 0 Å². The fourth-order valence-corrected chi connectivity index (χ4v) is 1.74. The molecule has 3 heteroatoms. The van der Waals surface area contributed by atoms with E-state index >= 15 is 0 Å². The summed E-state index contributed by atoms with van der Waals surface area (Å²) in [5.74, 6) is 2.71. The summed E-state index contributed by atoms with van der Waals surface area (Å²) in [5.41, 5.74) is 2.24. The lowest BCUT2D eigenvalue weighted by molar-refractivity contribution is 0.500. The van der Waals surface area contributed by atoms with E-state index in [1.54, 1.807) is 0 Å². The summed E-state index contributed by atoms with van der Waals surface area (Å²) in [7, 11) is 0. The molecule has 0 amide bonds. The van der Waals surface area contributed by atoms with Crippen LogP contribution in [-0.2, 0) is 6.54 Å². The maximum atomic E-state index is 5.38. The van der Waals surface area contributed by atoms with Gasteiger partial charge >= 0.3 is 0 Å². The molecule has 15 heavy (non-hydrogen) atoms. The minimum Gasteiger partial charge on any atom is -0.308 e. The zero-order valence-electron chi connectivity index (χ0n) is 9.75. The molecule has 0 saturated heterocycles. The van der Waals surface area contributed by atoms with E-state index in [0.29, 0.717) is 6.42 Å². The molecule has 0 bridgehead atoms. The molecule has 3 nitrogen and oxygen atoms in total. The van der Waals surface area contributed by atoms with Gasteiger partial charge in [0.15, 0.2) is 0 Å². The highest BCUT2D eigenvalue weighted by atomic mass is 15.3. The van der Waals surface area contributed by atoms with Gasteiger partial charge in [-0.05, 0) is 26.5 Å². The zero-order chi connectivity index (χ0) is 11.3. The second kappa shape index (κ2) is 5.57. The molecular weight excluding hydrogens is 186 g/mol. The number of nitrogens with one attached hydrogen (secondary N) is 1. The van der Waals surface area contributed by atoms with Gasteiger partial charge in [-0.25, -0.2) is 0 Å². The van der Waals surface area contributed by atoms with Crippen LogP contribution in [0.1, 0.15) is 37.7 Å². The topological polar surface area (TPSA) is 29.9 Å². The van der Waals surface area contributed by atoms with Crippen molar-refractivity contribution < 1.29 is 0 Å². The Morgan fingerprint density at radius 1 is 1.60 bits per heavy atom. The molecular formula is C12H19N3. The van der Waals surface area contributed by atoms with Gasteiger partial charge in [-0.3, -0.25) is 4.68 Å². The van der Waals surface area contributed by atoms with Crippen LogP contribution in [0.3, 0.4) is 0 Å². The zero-order valence-corrected chi connectivity index (χ0v) is 9.75. The average Bonchev–Trinajstić information content (AvgIpc) is 2.59. The number of terminal acetylenes is 1. The number of hydrogen-bond donors (Lipinski definition) is 1. The number of hydrogen-bond acceptors (Lipinski definition) is 2. The van der Waals surface area contributed by atoms with Crippen molar-refractivity contribution in [1.29, 1.82) is 0 Å². The monoisotopic (exact) mass is 205 g/mol. The van der Waals surface area contributed by atoms with Gasteiger partial charge in [0.1, 0.15) is 0 Å². The molecule has 0 fully saturated rings. The van der Waals surface area contributed by atoms with Gasteiger partial charge in [-0.1, -0.05) is 6.92 Å². The normalized spacial score (nSPS) is 12.4. The average molecular weight is 205 g/mol. The molecule has 1 N–H and O–H groups in total. The molecule has 0 aliphatic rings. The number of aromatic nitrogens is 2. The summed E-state index contributed by atoms with van der Waals surface area (Å²) in [5, 5.41) is 7.81. The van der Waals surface area contributed by atoms with E-state index in [4.69, 9.17) is 6.42 Å². The minimum atomic E-state index is 0.223. The van der Waals surface area contributed by atoms with Crippen molar-refractivity contribution >= 4 is 0 Å². The third-order valence-corrected chi connectivity index (χ3v) is 2.36. The Morgan fingerprint density at radius 3 is 2.87 bits per heavy atom. The molecule has 1 atom stereocenters. The molecule has 0 aromatic carbocycles. The lowest BCUT2D eigenvalue weighted by Crippen LogP contribution is -2.23. The lowest BCUT2D eigenvalue weighted by Gasteiger charge is -2.16. The minimum absolute atomic E-state index is 0.223. The van der Waals surface area contributed by atoms with Crippen LogP contribution in [-0.4, -0.2) is 16.3 Å². The van der Waals surface area contributed by atoms with Crippen LogP contribution in [0.15, 0.2) is 6.07 Å². The fraction of sp³-hybridized carbons (Fsp3) is 0.583. The van der Waals surface area contributed by atoms with Gasteiger partial charge in [0.05, 0.1) is 17.4 Å². The second-order valence-corrected chi connectivity index (χ2v) is 3.54. The van der Waals surface area contributed by atoms with Gasteiger partial charge in [0.2, 0.25) is 0 Å². The van der Waals surface area contributed by atoms with Crippen LogP contribution < -0.4 is 5.32 Å². The Hall–Kier alpha value is -1.27. The molecule has 0 saturated carbocycles. The Bertz CT molecular complexity index is 346. The smallest absolute Gasteiger partial charge is 0.0602 e. The molecule has 1 aromatic rings. The summed E-state index contributed by atoms with van der Waals surface area (Å²) in [6.45, 7) is 7.99. The molecule has 1 heterocycles. The van der Waals surface area contributed by atoms with Crippen molar-refractivity contribution in [1.82, 2.24) is 15.1 Å². The molecule has 1 rings (SSSR count). The first-order valence-corrected chi connectivity index (χ1v) is 5.44. The molecule has 1 unspecified atom stereocenters. The van der Waals surface area contributed by atoms with Crippen LogP contribution in [0.25, 0.3) is 0 Å². The highest BCUT2D eigenvalue weighted by Crippen LogP contribution is 2.17. The van der Waals surface area contributed by atoms with Gasteiger partial charge in [-0.2, -0.15) is 5.10 Å². The number of aryl methyl sites for hydroxylation is 2. The van der Waals surface area contributed by atoms with Crippen LogP contribution in [0, 0.1) is 19.3 Å². The van der Waals surface area contributed by atoms with Crippen molar-refractivity contribution in [2.45, 2.75) is 39.8 Å². The Balaban J connectivity index is 2.93. The lowest BCUT2D eigenvalue weighted by atomic mass is 10.1. The van der Waals surface area contributed by atoms with Crippen molar-refractivity contribution in [3.63, 3.8) is 0 Å². The SMILES string of the molecule is C#CCC(NCC)c1cc(C)nn1CC. The van der Waals surface area contributed by atoms with Crippen LogP contribution in [0.2, 0.25) is 0 Å². The maximum Gasteiger partial charge on any atom is 0.0602 e. The molecule has 0 aliphatic carbocycles. The van der Waals surface area contributed by atoms with E-state index in [0.717, 1.165) is 18.8 Å². The maximum absolute atomic E-state index is 5.38. The van der Waals surface area contributed by atoms with Gasteiger partial charge in [0.25, 0.3) is 0 Å². The molecule has 82 valence electrons. The first-order valence-electron chi connectivity index (χ1n) is 5.44. The first kappa shape index (κ1) is 11.8. The van der Waals surface area contributed by atoms with Crippen molar-refractivity contribution in [3.05, 3.63) is 17.5 Å². The van der Waals surface area contributed by atoms with E-state index in [-0.39, 0.29) is 6.04 Å². The van der Waals surface area contributed by atoms with Gasteiger partial charge in [-0.15, -0.1) is 12.3 Å². The number of nitrogens with zero attached hydrogens (tertiary/aromatic N) is 2. The molecule has 0 spiro atoms. The highest BCUT2D eigenvalue weighted by molar-refractivity contribution is 5.15. The summed E-state index contributed by atoms with van der Waals surface area (Å²) in [4.78, 5) is 0. The van der Waals surface area contributed by atoms with E-state index < -0.39 is 0 Å². The Labute approximate surface area is 91.9 Å². The summed E-state index contributed by atoms with van der Waals surface area (Å²) < 4.78 is 2.01. The van der Waals surface area contributed by atoms with Crippen LogP contribution in [0.5, 0.6) is 0 Å². The molecule has 1 aromatic heterocycles. The van der Waals surface area contributed by atoms with E-state index in [1.165, 1.54) is 5.69 Å². The van der Waals surface area contributed by atoms with Crippen LogP contribution >= 0.6 is 0 Å². The molecule has 0 radical (unpaired) electrons. The largest absolute Gasteiger partial charge is 0.308 e. The standard InChI is InChI=1S/C12H19N3/c1-5-8-11(13-6-2)12-9-10(4)14-15(12)7-3/h1,9,11,13H,6-8H2,2-4H3. The summed E-state index contributed by atoms with van der Waals surface area (Å²) in [6, 6.07) is 2.33. The third kappa shape index (κ3) is 2.84. The highest BCUT2D eigenvalue weighted by Gasteiger charge is 2.14. The fourth-order valence-electron chi connectivity index (χ4n) is 1.74. The summed E-state index contributed by atoms with van der Waals surface area (Å²) in [6.07, 6.45) is 6.08. The van der Waals surface area contributed by atoms with E-state index in [1.807, 2.05) is 11.6 Å². The number of rotatable bonds is 5. The Kier molecular flexibility index (Phi) is 4.38. The predicted molar refractivity (Wildman–Crippen MR) is 62.5 cm³/mol. The van der Waals surface area contributed by atoms with Gasteiger partial charge < -0.3 is 5.32 Å². The Morgan fingerprint density at radius 2 is 2.33 bits per heavy atom. The summed E-state index contributed by atoms with van der Waals surface area (Å²) >= 11 is 0. The predicted octanol–water partition coefficient (Wildman–Crippen LogP) is 1.89. The van der Waals surface area contributed by atoms with Gasteiger partial charge in [0, 0.05) is 13.0 Å². The van der Waals surface area contributed by atoms with Crippen molar-refractivity contribution in [3.8, 4) is 12.3 Å². The third-order valence-electron chi connectivity index (χ3n) is 2.36. The van der Waals surface area contributed by atoms with E-state index in [2.05, 4.69) is 36.2 Å². The van der Waals surface area contributed by atoms with Crippen LogP contribution in [0.4, 0.5) is 0 Å².